The number of methoxy groups -OCH3 is 1. The number of Topliss-reactive ketones (excluding diaryl/α,β-unsaturated/α-hetero) is 1. The van der Waals surface area contributed by atoms with Gasteiger partial charge in [0.1, 0.15) is 5.75 Å². The number of nitriles is 1. The minimum atomic E-state index is -0.597. The lowest BCUT2D eigenvalue weighted by atomic mass is 10.1. The molecule has 0 radical (unpaired) electrons. The molecular weight excluding hydrogens is 368 g/mol. The molecule has 1 aromatic heterocycles. The number of nitrogens with zero attached hydrogens (tertiary/aromatic N) is 2. The molecule has 0 N–H and O–H groups in total. The zero-order valence-corrected chi connectivity index (χ0v) is 16.0. The maximum Gasteiger partial charge on any atom is 0.331 e. The van der Waals surface area contributed by atoms with E-state index in [2.05, 4.69) is 6.07 Å². The number of rotatable bonds is 8. The second kappa shape index (κ2) is 9.38. The van der Waals surface area contributed by atoms with E-state index in [1.165, 1.54) is 6.08 Å². The Kier molecular flexibility index (Phi) is 6.43. The van der Waals surface area contributed by atoms with Crippen molar-refractivity contribution in [1.29, 1.82) is 5.26 Å². The molecule has 3 rings (SSSR count). The highest BCUT2D eigenvalue weighted by atomic mass is 16.5. The summed E-state index contributed by atoms with van der Waals surface area (Å²) < 4.78 is 12.1. The molecule has 3 aromatic rings. The summed E-state index contributed by atoms with van der Waals surface area (Å²) in [5.41, 5.74) is 2.28. The first-order valence-electron chi connectivity index (χ1n) is 9.09. The molecule has 0 unspecified atom stereocenters. The van der Waals surface area contributed by atoms with Crippen molar-refractivity contribution in [3.63, 3.8) is 0 Å². The first kappa shape index (κ1) is 19.9. The standard InChI is InChI=1S/C23H20N2O4/c1-28-19-10-7-17(8-11-19)22(26)16-29-23(27)12-9-18-15-25(14-4-13-24)21-6-3-2-5-20(18)21/h2-3,5-12,15H,4,14,16H2,1H3/b12-9+. The minimum absolute atomic E-state index is 0.289. The van der Waals surface area contributed by atoms with Crippen molar-refractivity contribution in [2.45, 2.75) is 13.0 Å². The number of ether oxygens (including phenoxy) is 2. The molecule has 0 aliphatic heterocycles. The van der Waals surface area contributed by atoms with Gasteiger partial charge in [0.15, 0.2) is 12.4 Å². The molecule has 6 nitrogen and oxygen atoms in total. The van der Waals surface area contributed by atoms with E-state index < -0.39 is 5.97 Å². The van der Waals surface area contributed by atoms with Crippen molar-refractivity contribution in [1.82, 2.24) is 4.57 Å². The lowest BCUT2D eigenvalue weighted by Gasteiger charge is -2.03. The molecule has 6 heteroatoms. The van der Waals surface area contributed by atoms with E-state index >= 15 is 0 Å². The minimum Gasteiger partial charge on any atom is -0.497 e. The predicted octanol–water partition coefficient (Wildman–Crippen LogP) is 4.00. The molecule has 0 fully saturated rings. The van der Waals surface area contributed by atoms with Crippen LogP contribution in [0.4, 0.5) is 0 Å². The summed E-state index contributed by atoms with van der Waals surface area (Å²) in [4.78, 5) is 24.2. The van der Waals surface area contributed by atoms with Crippen LogP contribution < -0.4 is 4.74 Å². The first-order valence-corrected chi connectivity index (χ1v) is 9.09. The molecule has 29 heavy (non-hydrogen) atoms. The van der Waals surface area contributed by atoms with Crippen molar-refractivity contribution < 1.29 is 19.1 Å². The quantitative estimate of drug-likeness (QED) is 0.331. The molecule has 0 saturated heterocycles. The largest absolute Gasteiger partial charge is 0.497 e. The summed E-state index contributed by atoms with van der Waals surface area (Å²) in [5, 5.41) is 9.80. The van der Waals surface area contributed by atoms with Crippen molar-refractivity contribution in [2.24, 2.45) is 0 Å². The average molecular weight is 388 g/mol. The van der Waals surface area contributed by atoms with Crippen molar-refractivity contribution in [3.05, 3.63) is 71.9 Å². The van der Waals surface area contributed by atoms with Gasteiger partial charge in [-0.05, 0) is 36.4 Å². The number of aryl methyl sites for hydroxylation is 1. The van der Waals surface area contributed by atoms with E-state index in [0.717, 1.165) is 16.5 Å². The fraction of sp³-hybridized carbons (Fsp3) is 0.174. The van der Waals surface area contributed by atoms with Crippen LogP contribution in [0.25, 0.3) is 17.0 Å². The number of aromatic nitrogens is 1. The number of hydrogen-bond acceptors (Lipinski definition) is 5. The zero-order chi connectivity index (χ0) is 20.6. The normalized spacial score (nSPS) is 10.8. The van der Waals surface area contributed by atoms with Gasteiger partial charge in [0.25, 0.3) is 0 Å². The molecule has 2 aromatic carbocycles. The van der Waals surface area contributed by atoms with E-state index in [1.54, 1.807) is 37.5 Å². The molecule has 0 atom stereocenters. The Morgan fingerprint density at radius 2 is 1.90 bits per heavy atom. The predicted molar refractivity (Wildman–Crippen MR) is 109 cm³/mol. The molecule has 0 spiro atoms. The van der Waals surface area contributed by atoms with Gasteiger partial charge < -0.3 is 14.0 Å². The molecule has 0 aliphatic carbocycles. The van der Waals surface area contributed by atoms with Crippen LogP contribution in [0.1, 0.15) is 22.3 Å². The Labute approximate surface area is 168 Å². The van der Waals surface area contributed by atoms with E-state index in [9.17, 15) is 9.59 Å². The number of carbonyl (C=O) groups is 2. The third-order valence-electron chi connectivity index (χ3n) is 4.44. The van der Waals surface area contributed by atoms with Crippen molar-refractivity contribution in [3.8, 4) is 11.8 Å². The Hall–Kier alpha value is -3.85. The summed E-state index contributed by atoms with van der Waals surface area (Å²) in [7, 11) is 1.55. The molecule has 1 heterocycles. The lowest BCUT2D eigenvalue weighted by molar-refractivity contribution is -0.136. The SMILES string of the molecule is COc1ccc(C(=O)COC(=O)/C=C/c2cn(CCC#N)c3ccccc23)cc1. The van der Waals surface area contributed by atoms with Crippen LogP contribution in [-0.2, 0) is 16.1 Å². The Morgan fingerprint density at radius 3 is 2.62 bits per heavy atom. The van der Waals surface area contributed by atoms with E-state index in [-0.39, 0.29) is 12.4 Å². The van der Waals surface area contributed by atoms with Gasteiger partial charge >= 0.3 is 5.97 Å². The number of para-hydroxylation sites is 1. The monoisotopic (exact) mass is 388 g/mol. The molecule has 146 valence electrons. The highest BCUT2D eigenvalue weighted by Crippen LogP contribution is 2.23. The van der Waals surface area contributed by atoms with Gasteiger partial charge in [0.2, 0.25) is 0 Å². The Bertz CT molecular complexity index is 1090. The number of ketones is 1. The van der Waals surface area contributed by atoms with Crippen LogP contribution in [0.15, 0.2) is 60.8 Å². The second-order valence-electron chi connectivity index (χ2n) is 6.30. The molecule has 0 saturated carbocycles. The molecule has 0 amide bonds. The van der Waals surface area contributed by atoms with Gasteiger partial charge in [-0.1, -0.05) is 18.2 Å². The number of carbonyl (C=O) groups excluding carboxylic acids is 2. The van der Waals surface area contributed by atoms with Gasteiger partial charge in [-0.15, -0.1) is 0 Å². The first-order chi connectivity index (χ1) is 14.1. The van der Waals surface area contributed by atoms with Crippen LogP contribution >= 0.6 is 0 Å². The number of hydrogen-bond donors (Lipinski definition) is 0. The smallest absolute Gasteiger partial charge is 0.331 e. The maximum atomic E-state index is 12.1. The number of benzene rings is 2. The average Bonchev–Trinajstić information content (AvgIpc) is 3.12. The fourth-order valence-electron chi connectivity index (χ4n) is 2.97. The summed E-state index contributed by atoms with van der Waals surface area (Å²) in [6, 6.07) is 16.5. The van der Waals surface area contributed by atoms with Crippen molar-refractivity contribution >= 4 is 28.7 Å². The summed E-state index contributed by atoms with van der Waals surface area (Å²) in [5.74, 6) is -0.237. The second-order valence-corrected chi connectivity index (χ2v) is 6.30. The van der Waals surface area contributed by atoms with Gasteiger partial charge in [-0.2, -0.15) is 5.26 Å². The van der Waals surface area contributed by atoms with Crippen LogP contribution in [0, 0.1) is 11.3 Å². The van der Waals surface area contributed by atoms with Gasteiger partial charge in [0.05, 0.1) is 19.6 Å². The van der Waals surface area contributed by atoms with Crippen LogP contribution in [0.5, 0.6) is 5.75 Å². The zero-order valence-electron chi connectivity index (χ0n) is 16.0. The summed E-state index contributed by atoms with van der Waals surface area (Å²) >= 11 is 0. The van der Waals surface area contributed by atoms with Crippen LogP contribution in [-0.4, -0.2) is 30.0 Å². The Morgan fingerprint density at radius 1 is 1.14 bits per heavy atom. The van der Waals surface area contributed by atoms with Crippen LogP contribution in [0.3, 0.4) is 0 Å². The molecule has 0 bridgehead atoms. The Balaban J connectivity index is 1.64. The van der Waals surface area contributed by atoms with E-state index in [1.807, 2.05) is 35.0 Å². The number of esters is 1. The van der Waals surface area contributed by atoms with Gasteiger partial charge in [-0.3, -0.25) is 4.79 Å². The summed E-state index contributed by atoms with van der Waals surface area (Å²) in [6.07, 6.45) is 5.26. The van der Waals surface area contributed by atoms with Gasteiger partial charge in [0, 0.05) is 40.8 Å². The van der Waals surface area contributed by atoms with E-state index in [4.69, 9.17) is 14.7 Å². The third kappa shape index (κ3) is 4.90. The molecular formula is C23H20N2O4. The van der Waals surface area contributed by atoms with Gasteiger partial charge in [-0.25, -0.2) is 4.79 Å². The highest BCUT2D eigenvalue weighted by molar-refractivity contribution is 5.99. The third-order valence-corrected chi connectivity index (χ3v) is 4.44. The van der Waals surface area contributed by atoms with Crippen molar-refractivity contribution in [2.75, 3.05) is 13.7 Å². The topological polar surface area (TPSA) is 81.3 Å². The van der Waals surface area contributed by atoms with Crippen LogP contribution in [0.2, 0.25) is 0 Å². The fourth-order valence-corrected chi connectivity index (χ4v) is 2.97. The van der Waals surface area contributed by atoms with E-state index in [0.29, 0.717) is 24.3 Å². The molecule has 0 aliphatic rings. The summed E-state index contributed by atoms with van der Waals surface area (Å²) in [6.45, 7) is 0.241. The highest BCUT2D eigenvalue weighted by Gasteiger charge is 2.10. The number of fused-ring (bicyclic) bond motifs is 1. The maximum absolute atomic E-state index is 12.1. The lowest BCUT2D eigenvalue weighted by Crippen LogP contribution is -2.12.